The van der Waals surface area contributed by atoms with Crippen molar-refractivity contribution >= 4 is 40.6 Å². The second kappa shape index (κ2) is 8.98. The lowest BCUT2D eigenvalue weighted by molar-refractivity contribution is -0.140. The monoisotopic (exact) mass is 434 g/mol. The molecule has 0 aliphatic rings. The molecule has 0 amide bonds. The summed E-state index contributed by atoms with van der Waals surface area (Å²) >= 11 is 3.40. The first kappa shape index (κ1) is 20.9. The van der Waals surface area contributed by atoms with E-state index in [1.807, 2.05) is 12.1 Å². The van der Waals surface area contributed by atoms with Crippen molar-refractivity contribution in [3.05, 3.63) is 60.7 Å². The Morgan fingerprint density at radius 2 is 1.46 bits per heavy atom. The molecule has 0 saturated carbocycles. The number of esters is 1. The van der Waals surface area contributed by atoms with E-state index in [2.05, 4.69) is 85.2 Å². The molecule has 2 rings (SSSR count). The fraction of sp³-hybridized carbons (Fsp3) is 0.381. The van der Waals surface area contributed by atoms with Crippen molar-refractivity contribution in [2.24, 2.45) is 0 Å². The van der Waals surface area contributed by atoms with Crippen molar-refractivity contribution in [2.75, 3.05) is 13.7 Å². The van der Waals surface area contributed by atoms with Gasteiger partial charge < -0.3 is 9.16 Å². The van der Waals surface area contributed by atoms with Crippen LogP contribution in [-0.2, 0) is 14.0 Å². The third-order valence-corrected chi connectivity index (χ3v) is 10.4. The summed E-state index contributed by atoms with van der Waals surface area (Å²) in [7, 11) is -1.13. The summed E-state index contributed by atoms with van der Waals surface area (Å²) < 4.78 is 11.5. The number of carbonyl (C=O) groups is 1. The quantitative estimate of drug-likeness (QED) is 0.376. The van der Waals surface area contributed by atoms with Crippen LogP contribution in [0, 0.1) is 0 Å². The van der Waals surface area contributed by atoms with E-state index < -0.39 is 8.32 Å². The van der Waals surface area contributed by atoms with Crippen molar-refractivity contribution in [3.8, 4) is 0 Å². The molecule has 2 aromatic carbocycles. The molecule has 0 heterocycles. The van der Waals surface area contributed by atoms with Crippen LogP contribution in [0.4, 0.5) is 0 Å². The predicted octanol–water partition coefficient (Wildman–Crippen LogP) is 3.89. The van der Waals surface area contributed by atoms with Gasteiger partial charge in [0, 0.05) is 6.61 Å². The summed E-state index contributed by atoms with van der Waals surface area (Å²) in [6, 6.07) is 21.0. The molecule has 0 aliphatic carbocycles. The van der Waals surface area contributed by atoms with E-state index in [0.29, 0.717) is 13.0 Å². The Hall–Kier alpha value is -1.43. The second-order valence-electron chi connectivity index (χ2n) is 7.29. The van der Waals surface area contributed by atoms with Crippen LogP contribution >= 0.6 is 15.9 Å². The standard InChI is InChI=1S/C21H27BrO3Si/c1-21(2,3)26(17-11-7-5-8-12-17,18-13-9-6-10-14-18)25-16-15-19(22)20(23)24-4/h5-14,19H,15-16H2,1-4H3. The zero-order valence-electron chi connectivity index (χ0n) is 15.9. The molecule has 2 aromatic rings. The van der Waals surface area contributed by atoms with E-state index >= 15 is 0 Å². The fourth-order valence-electron chi connectivity index (χ4n) is 3.32. The molecule has 0 bridgehead atoms. The second-order valence-corrected chi connectivity index (χ2v) is 12.7. The highest BCUT2D eigenvalue weighted by Gasteiger charge is 2.50. The molecule has 0 aromatic heterocycles. The number of alkyl halides is 1. The average Bonchev–Trinajstić information content (AvgIpc) is 2.64. The molecule has 5 heteroatoms. The van der Waals surface area contributed by atoms with Gasteiger partial charge in [-0.15, -0.1) is 0 Å². The fourth-order valence-corrected chi connectivity index (χ4v) is 8.28. The first-order valence-corrected chi connectivity index (χ1v) is 11.6. The van der Waals surface area contributed by atoms with Crippen LogP contribution in [0.1, 0.15) is 27.2 Å². The summed E-state index contributed by atoms with van der Waals surface area (Å²) in [5, 5.41) is 2.41. The molecule has 140 valence electrons. The number of methoxy groups -OCH3 is 1. The van der Waals surface area contributed by atoms with Gasteiger partial charge in [0.25, 0.3) is 8.32 Å². The summed E-state index contributed by atoms with van der Waals surface area (Å²) in [6.45, 7) is 7.21. The van der Waals surface area contributed by atoms with Crippen LogP contribution in [0.2, 0.25) is 5.04 Å². The van der Waals surface area contributed by atoms with Crippen molar-refractivity contribution in [1.82, 2.24) is 0 Å². The highest BCUT2D eigenvalue weighted by molar-refractivity contribution is 9.10. The minimum Gasteiger partial charge on any atom is -0.468 e. The summed E-state index contributed by atoms with van der Waals surface area (Å²) in [6.07, 6.45) is 0.567. The van der Waals surface area contributed by atoms with Crippen molar-refractivity contribution in [2.45, 2.75) is 37.1 Å². The third-order valence-electron chi connectivity index (χ3n) is 4.56. The molecule has 0 N–H and O–H groups in total. The van der Waals surface area contributed by atoms with Gasteiger partial charge in [-0.3, -0.25) is 4.79 Å². The Morgan fingerprint density at radius 3 is 1.85 bits per heavy atom. The molecule has 1 unspecified atom stereocenters. The zero-order chi connectivity index (χ0) is 19.2. The first-order valence-electron chi connectivity index (χ1n) is 8.80. The molecule has 26 heavy (non-hydrogen) atoms. The van der Waals surface area contributed by atoms with Crippen LogP contribution in [0.5, 0.6) is 0 Å². The zero-order valence-corrected chi connectivity index (χ0v) is 18.5. The van der Waals surface area contributed by atoms with E-state index in [0.717, 1.165) is 0 Å². The number of carbonyl (C=O) groups excluding carboxylic acids is 1. The van der Waals surface area contributed by atoms with E-state index in [1.165, 1.54) is 17.5 Å². The summed E-state index contributed by atoms with van der Waals surface area (Å²) in [4.78, 5) is 11.3. The van der Waals surface area contributed by atoms with Gasteiger partial charge in [0.15, 0.2) is 0 Å². The molecule has 0 fully saturated rings. The lowest BCUT2D eigenvalue weighted by Crippen LogP contribution is -2.66. The molecule has 0 spiro atoms. The Morgan fingerprint density at radius 1 is 1.00 bits per heavy atom. The van der Waals surface area contributed by atoms with Gasteiger partial charge in [-0.2, -0.15) is 0 Å². The lowest BCUT2D eigenvalue weighted by Gasteiger charge is -2.43. The molecule has 3 nitrogen and oxygen atoms in total. The van der Waals surface area contributed by atoms with Gasteiger partial charge in [0.2, 0.25) is 0 Å². The SMILES string of the molecule is COC(=O)C(Br)CCO[Si](c1ccccc1)(c1ccccc1)C(C)(C)C. The van der Waals surface area contributed by atoms with Gasteiger partial charge in [0.05, 0.1) is 7.11 Å². The highest BCUT2D eigenvalue weighted by atomic mass is 79.9. The number of hydrogen-bond donors (Lipinski definition) is 0. The van der Waals surface area contributed by atoms with Gasteiger partial charge >= 0.3 is 5.97 Å². The van der Waals surface area contributed by atoms with Gasteiger partial charge in [-0.25, -0.2) is 0 Å². The first-order chi connectivity index (χ1) is 12.3. The van der Waals surface area contributed by atoms with Crippen molar-refractivity contribution < 1.29 is 14.0 Å². The number of rotatable bonds is 7. The van der Waals surface area contributed by atoms with E-state index in [9.17, 15) is 4.79 Å². The molecular weight excluding hydrogens is 408 g/mol. The predicted molar refractivity (Wildman–Crippen MR) is 113 cm³/mol. The van der Waals surface area contributed by atoms with Crippen LogP contribution in [-0.4, -0.2) is 32.8 Å². The summed E-state index contributed by atoms with van der Waals surface area (Å²) in [5.74, 6) is -0.268. The van der Waals surface area contributed by atoms with E-state index in [-0.39, 0.29) is 15.8 Å². The topological polar surface area (TPSA) is 35.5 Å². The highest BCUT2D eigenvalue weighted by Crippen LogP contribution is 2.36. The Labute approximate surface area is 166 Å². The maximum absolute atomic E-state index is 11.7. The number of halogens is 1. The minimum atomic E-state index is -2.53. The van der Waals surface area contributed by atoms with Crippen LogP contribution in [0.3, 0.4) is 0 Å². The summed E-state index contributed by atoms with van der Waals surface area (Å²) in [5.41, 5.74) is 0. The van der Waals surface area contributed by atoms with Crippen LogP contribution in [0.25, 0.3) is 0 Å². The van der Waals surface area contributed by atoms with Gasteiger partial charge in [-0.1, -0.05) is 97.4 Å². The molecular formula is C21H27BrO3Si. The Bertz CT molecular complexity index is 659. The normalized spacial score (nSPS) is 13.3. The van der Waals surface area contributed by atoms with Gasteiger partial charge in [0.1, 0.15) is 4.83 Å². The minimum absolute atomic E-state index is 0.0667. The van der Waals surface area contributed by atoms with E-state index in [4.69, 9.17) is 9.16 Å². The average molecular weight is 435 g/mol. The van der Waals surface area contributed by atoms with Gasteiger partial charge in [-0.05, 0) is 21.8 Å². The van der Waals surface area contributed by atoms with E-state index in [1.54, 1.807) is 0 Å². The van der Waals surface area contributed by atoms with Crippen LogP contribution in [0.15, 0.2) is 60.7 Å². The Kier molecular flexibility index (Phi) is 7.21. The number of benzene rings is 2. The molecule has 0 radical (unpaired) electrons. The number of hydrogen-bond acceptors (Lipinski definition) is 3. The molecule has 0 saturated heterocycles. The molecule has 0 aliphatic heterocycles. The van der Waals surface area contributed by atoms with Crippen LogP contribution < -0.4 is 10.4 Å². The Balaban J connectivity index is 2.42. The molecule has 1 atom stereocenters. The number of ether oxygens (including phenoxy) is 1. The maximum atomic E-state index is 11.7. The van der Waals surface area contributed by atoms with Crippen molar-refractivity contribution in [3.63, 3.8) is 0 Å². The third kappa shape index (κ3) is 4.45. The smallest absolute Gasteiger partial charge is 0.319 e. The largest absolute Gasteiger partial charge is 0.468 e. The lowest BCUT2D eigenvalue weighted by atomic mass is 10.2. The van der Waals surface area contributed by atoms with Crippen molar-refractivity contribution in [1.29, 1.82) is 0 Å². The maximum Gasteiger partial charge on any atom is 0.319 e.